The third-order valence-corrected chi connectivity index (χ3v) is 3.31. The molecule has 1 unspecified atom stereocenters. The lowest BCUT2D eigenvalue weighted by atomic mass is 9.98. The fraction of sp³-hybridized carbons (Fsp3) is 0.688. The van der Waals surface area contributed by atoms with Gasteiger partial charge in [-0.3, -0.25) is 4.98 Å². The fourth-order valence-electron chi connectivity index (χ4n) is 2.40. The smallest absolute Gasteiger partial charge is 0.0602 e. The molecule has 1 aromatic heterocycles. The number of aryl methyl sites for hydroxylation is 2. The summed E-state index contributed by atoms with van der Waals surface area (Å²) in [5, 5.41) is 3.57. The first kappa shape index (κ1) is 15.2. The van der Waals surface area contributed by atoms with Crippen LogP contribution in [0.4, 0.5) is 0 Å². The summed E-state index contributed by atoms with van der Waals surface area (Å²) in [4.78, 5) is 4.63. The minimum Gasteiger partial charge on any atom is -0.309 e. The summed E-state index contributed by atoms with van der Waals surface area (Å²) in [6, 6.07) is 2.64. The number of hydrogen-bond donors (Lipinski definition) is 1. The fourth-order valence-corrected chi connectivity index (χ4v) is 2.40. The topological polar surface area (TPSA) is 24.9 Å². The monoisotopic (exact) mass is 248 g/mol. The molecular weight excluding hydrogens is 220 g/mol. The van der Waals surface area contributed by atoms with Gasteiger partial charge in [-0.1, -0.05) is 39.7 Å². The molecule has 1 aromatic rings. The van der Waals surface area contributed by atoms with Gasteiger partial charge >= 0.3 is 0 Å². The maximum absolute atomic E-state index is 4.63. The summed E-state index contributed by atoms with van der Waals surface area (Å²) in [6.07, 6.45) is 5.73. The quantitative estimate of drug-likeness (QED) is 0.783. The number of rotatable bonds is 7. The van der Waals surface area contributed by atoms with Gasteiger partial charge in [0.05, 0.1) is 5.69 Å². The average molecular weight is 248 g/mol. The van der Waals surface area contributed by atoms with E-state index in [1.54, 1.807) is 0 Å². The largest absolute Gasteiger partial charge is 0.309 e. The van der Waals surface area contributed by atoms with Gasteiger partial charge in [0.2, 0.25) is 0 Å². The van der Waals surface area contributed by atoms with E-state index in [9.17, 15) is 0 Å². The van der Waals surface area contributed by atoms with Gasteiger partial charge in [0.25, 0.3) is 0 Å². The highest BCUT2D eigenvalue weighted by Crippen LogP contribution is 2.22. The minimum atomic E-state index is 0.411. The zero-order valence-corrected chi connectivity index (χ0v) is 12.6. The van der Waals surface area contributed by atoms with Crippen molar-refractivity contribution in [3.05, 3.63) is 29.1 Å². The molecule has 1 heterocycles. The Morgan fingerprint density at radius 1 is 1.22 bits per heavy atom. The first-order valence-electron chi connectivity index (χ1n) is 7.21. The molecule has 0 radical (unpaired) electrons. The summed E-state index contributed by atoms with van der Waals surface area (Å²) in [6.45, 7) is 12.0. The molecule has 1 atom stereocenters. The predicted molar refractivity (Wildman–Crippen MR) is 78.8 cm³/mol. The Bertz CT molecular complexity index is 358. The van der Waals surface area contributed by atoms with E-state index in [0.717, 1.165) is 12.5 Å². The minimum absolute atomic E-state index is 0.411. The van der Waals surface area contributed by atoms with Crippen molar-refractivity contribution >= 4 is 0 Å². The van der Waals surface area contributed by atoms with Crippen molar-refractivity contribution < 1.29 is 0 Å². The van der Waals surface area contributed by atoms with Crippen LogP contribution in [0.2, 0.25) is 0 Å². The summed E-state index contributed by atoms with van der Waals surface area (Å²) in [5.41, 5.74) is 3.78. The van der Waals surface area contributed by atoms with E-state index in [4.69, 9.17) is 0 Å². The van der Waals surface area contributed by atoms with Gasteiger partial charge in [0.15, 0.2) is 0 Å². The predicted octanol–water partition coefficient (Wildman–Crippen LogP) is 4.18. The van der Waals surface area contributed by atoms with Crippen LogP contribution >= 0.6 is 0 Å². The second-order valence-corrected chi connectivity index (χ2v) is 5.65. The molecule has 2 nitrogen and oxygen atoms in total. The van der Waals surface area contributed by atoms with Gasteiger partial charge in [0, 0.05) is 12.2 Å². The average Bonchev–Trinajstić information content (AvgIpc) is 2.28. The summed E-state index contributed by atoms with van der Waals surface area (Å²) < 4.78 is 0. The molecule has 1 rings (SSSR count). The van der Waals surface area contributed by atoms with Gasteiger partial charge in [0.1, 0.15) is 0 Å². The summed E-state index contributed by atoms with van der Waals surface area (Å²) >= 11 is 0. The molecule has 102 valence electrons. The van der Waals surface area contributed by atoms with Crippen molar-refractivity contribution in [3.8, 4) is 0 Å². The third-order valence-electron chi connectivity index (χ3n) is 3.31. The van der Waals surface area contributed by atoms with E-state index in [1.165, 1.54) is 36.1 Å². The maximum Gasteiger partial charge on any atom is 0.0602 e. The molecule has 18 heavy (non-hydrogen) atoms. The molecular formula is C16H28N2. The number of pyridine rings is 1. The Labute approximate surface area is 112 Å². The summed E-state index contributed by atoms with van der Waals surface area (Å²) in [5.74, 6) is 0.791. The van der Waals surface area contributed by atoms with Crippen molar-refractivity contribution in [3.63, 3.8) is 0 Å². The van der Waals surface area contributed by atoms with Crippen molar-refractivity contribution in [1.29, 1.82) is 0 Å². The van der Waals surface area contributed by atoms with E-state index in [0.29, 0.717) is 6.04 Å². The van der Waals surface area contributed by atoms with Crippen LogP contribution in [-0.2, 0) is 0 Å². The van der Waals surface area contributed by atoms with Crippen molar-refractivity contribution in [1.82, 2.24) is 10.3 Å². The van der Waals surface area contributed by atoms with Crippen LogP contribution in [0.3, 0.4) is 0 Å². The highest BCUT2D eigenvalue weighted by Gasteiger charge is 2.14. The van der Waals surface area contributed by atoms with E-state index in [1.807, 2.05) is 6.20 Å². The van der Waals surface area contributed by atoms with Crippen molar-refractivity contribution in [2.45, 2.75) is 59.9 Å². The molecule has 0 fully saturated rings. The van der Waals surface area contributed by atoms with E-state index < -0.39 is 0 Å². The molecule has 0 saturated carbocycles. The molecule has 0 spiro atoms. The normalized spacial score (nSPS) is 13.0. The number of nitrogens with zero attached hydrogens (tertiary/aromatic N) is 1. The Morgan fingerprint density at radius 3 is 2.50 bits per heavy atom. The second-order valence-electron chi connectivity index (χ2n) is 5.65. The van der Waals surface area contributed by atoms with Crippen LogP contribution in [0.15, 0.2) is 12.3 Å². The Morgan fingerprint density at radius 2 is 1.94 bits per heavy atom. The van der Waals surface area contributed by atoms with E-state index in [2.05, 4.69) is 51.0 Å². The van der Waals surface area contributed by atoms with Crippen LogP contribution in [0, 0.1) is 19.8 Å². The van der Waals surface area contributed by atoms with Crippen LogP contribution in [0.1, 0.15) is 62.9 Å². The molecule has 0 aliphatic heterocycles. The molecule has 0 aliphatic rings. The SMILES string of the molecule is CCNC(CCCC(C)C)c1ncc(C)cc1C. The maximum atomic E-state index is 4.63. The van der Waals surface area contributed by atoms with Crippen molar-refractivity contribution in [2.24, 2.45) is 5.92 Å². The number of nitrogens with one attached hydrogen (secondary N) is 1. The molecule has 0 saturated heterocycles. The molecule has 0 aliphatic carbocycles. The Balaban J connectivity index is 2.70. The Hall–Kier alpha value is -0.890. The van der Waals surface area contributed by atoms with Crippen LogP contribution in [0.5, 0.6) is 0 Å². The summed E-state index contributed by atoms with van der Waals surface area (Å²) in [7, 11) is 0. The highest BCUT2D eigenvalue weighted by atomic mass is 14.9. The molecule has 2 heteroatoms. The Kier molecular flexibility index (Phi) is 6.34. The van der Waals surface area contributed by atoms with Gasteiger partial charge in [-0.2, -0.15) is 0 Å². The number of hydrogen-bond acceptors (Lipinski definition) is 2. The molecule has 0 aromatic carbocycles. The molecule has 0 bridgehead atoms. The third kappa shape index (κ3) is 4.77. The zero-order chi connectivity index (χ0) is 13.5. The van der Waals surface area contributed by atoms with E-state index >= 15 is 0 Å². The first-order chi connectivity index (χ1) is 8.54. The zero-order valence-electron chi connectivity index (χ0n) is 12.6. The van der Waals surface area contributed by atoms with E-state index in [-0.39, 0.29) is 0 Å². The molecule has 0 amide bonds. The van der Waals surface area contributed by atoms with Gasteiger partial charge in [-0.05, 0) is 43.9 Å². The molecule has 1 N–H and O–H groups in total. The van der Waals surface area contributed by atoms with Crippen LogP contribution in [0.25, 0.3) is 0 Å². The number of aromatic nitrogens is 1. The second kappa shape index (κ2) is 7.52. The van der Waals surface area contributed by atoms with Crippen LogP contribution in [-0.4, -0.2) is 11.5 Å². The van der Waals surface area contributed by atoms with Crippen molar-refractivity contribution in [2.75, 3.05) is 6.54 Å². The highest BCUT2D eigenvalue weighted by molar-refractivity contribution is 5.25. The van der Waals surface area contributed by atoms with Crippen LogP contribution < -0.4 is 5.32 Å². The lowest BCUT2D eigenvalue weighted by Gasteiger charge is -2.20. The lowest BCUT2D eigenvalue weighted by Crippen LogP contribution is -2.23. The van der Waals surface area contributed by atoms with Gasteiger partial charge in [-0.15, -0.1) is 0 Å². The van der Waals surface area contributed by atoms with Gasteiger partial charge in [-0.25, -0.2) is 0 Å². The standard InChI is InChI=1S/C16H28N2/c1-6-17-15(9-7-8-12(2)3)16-14(5)10-13(4)11-18-16/h10-12,15,17H,6-9H2,1-5H3. The lowest BCUT2D eigenvalue weighted by molar-refractivity contribution is 0.447. The first-order valence-corrected chi connectivity index (χ1v) is 7.21. The van der Waals surface area contributed by atoms with Gasteiger partial charge < -0.3 is 5.32 Å².